The number of nitrogens with zero attached hydrogens (tertiary/aromatic N) is 3. The van der Waals surface area contributed by atoms with Crippen LogP contribution in [-0.4, -0.2) is 55.1 Å². The molecule has 118 valence electrons. The number of anilines is 1. The van der Waals surface area contributed by atoms with Crippen LogP contribution in [-0.2, 0) is 4.79 Å². The van der Waals surface area contributed by atoms with Gasteiger partial charge in [0, 0.05) is 32.7 Å². The van der Waals surface area contributed by atoms with Gasteiger partial charge in [-0.25, -0.2) is 0 Å². The van der Waals surface area contributed by atoms with Gasteiger partial charge < -0.3 is 14.6 Å². The van der Waals surface area contributed by atoms with Crippen molar-refractivity contribution in [1.29, 1.82) is 0 Å². The van der Waals surface area contributed by atoms with Gasteiger partial charge in [-0.3, -0.25) is 9.69 Å². The number of hydrogen-bond acceptors (Lipinski definition) is 5. The van der Waals surface area contributed by atoms with E-state index in [-0.39, 0.29) is 5.91 Å². The summed E-state index contributed by atoms with van der Waals surface area (Å²) >= 11 is 0. The predicted molar refractivity (Wildman–Crippen MR) is 86.0 cm³/mol. The number of benzene rings is 1. The first-order chi connectivity index (χ1) is 10.8. The summed E-state index contributed by atoms with van der Waals surface area (Å²) in [6, 6.07) is 8.49. The minimum atomic E-state index is 0.0952. The van der Waals surface area contributed by atoms with Crippen molar-refractivity contribution in [2.45, 2.75) is 13.3 Å². The number of carbonyl (C=O) groups is 1. The highest BCUT2D eigenvalue weighted by Gasteiger charge is 2.20. The minimum absolute atomic E-state index is 0.0952. The maximum absolute atomic E-state index is 11.7. The van der Waals surface area contributed by atoms with Gasteiger partial charge in [-0.1, -0.05) is 12.1 Å². The SMILES string of the molecule is CCNC(=O)CN1CCCN(c2nc3ccccc3o2)CC1. The van der Waals surface area contributed by atoms with E-state index < -0.39 is 0 Å². The average molecular weight is 302 g/mol. The molecule has 1 aromatic carbocycles. The van der Waals surface area contributed by atoms with Gasteiger partial charge in [-0.2, -0.15) is 4.98 Å². The number of rotatable bonds is 4. The zero-order valence-corrected chi connectivity index (χ0v) is 12.9. The molecule has 1 aliphatic heterocycles. The molecule has 0 atom stereocenters. The van der Waals surface area contributed by atoms with Gasteiger partial charge in [-0.05, 0) is 25.5 Å². The molecule has 1 fully saturated rings. The van der Waals surface area contributed by atoms with Crippen molar-refractivity contribution < 1.29 is 9.21 Å². The van der Waals surface area contributed by atoms with E-state index in [1.54, 1.807) is 0 Å². The topological polar surface area (TPSA) is 61.6 Å². The third kappa shape index (κ3) is 3.39. The number of carbonyl (C=O) groups excluding carboxylic acids is 1. The van der Waals surface area contributed by atoms with E-state index >= 15 is 0 Å². The number of oxazole rings is 1. The first-order valence-electron chi connectivity index (χ1n) is 7.86. The average Bonchev–Trinajstić information content (AvgIpc) is 2.81. The van der Waals surface area contributed by atoms with Crippen molar-refractivity contribution in [3.8, 4) is 0 Å². The Balaban J connectivity index is 1.63. The Bertz CT molecular complexity index is 607. The molecule has 0 unspecified atom stereocenters. The molecular weight excluding hydrogens is 280 g/mol. The van der Waals surface area contributed by atoms with Crippen molar-refractivity contribution in [3.63, 3.8) is 0 Å². The number of nitrogens with one attached hydrogen (secondary N) is 1. The van der Waals surface area contributed by atoms with Crippen molar-refractivity contribution in [2.75, 3.05) is 44.2 Å². The van der Waals surface area contributed by atoms with Crippen LogP contribution >= 0.6 is 0 Å². The Labute approximate surface area is 130 Å². The van der Waals surface area contributed by atoms with Crippen LogP contribution in [0.5, 0.6) is 0 Å². The lowest BCUT2D eigenvalue weighted by Gasteiger charge is -2.20. The minimum Gasteiger partial charge on any atom is -0.423 e. The van der Waals surface area contributed by atoms with E-state index in [4.69, 9.17) is 4.42 Å². The summed E-state index contributed by atoms with van der Waals surface area (Å²) in [6.45, 7) is 6.58. The largest absolute Gasteiger partial charge is 0.423 e. The Hall–Kier alpha value is -2.08. The van der Waals surface area contributed by atoms with E-state index in [0.717, 1.165) is 43.7 Å². The van der Waals surface area contributed by atoms with Crippen LogP contribution in [0.15, 0.2) is 28.7 Å². The molecule has 6 heteroatoms. The van der Waals surface area contributed by atoms with Crippen LogP contribution < -0.4 is 10.2 Å². The first kappa shape index (κ1) is 14.8. The lowest BCUT2D eigenvalue weighted by atomic mass is 10.3. The third-order valence-corrected chi connectivity index (χ3v) is 3.88. The summed E-state index contributed by atoms with van der Waals surface area (Å²) in [6.07, 6.45) is 0.998. The number of fused-ring (bicyclic) bond motifs is 1. The number of para-hydroxylation sites is 2. The summed E-state index contributed by atoms with van der Waals surface area (Å²) in [5.74, 6) is 0.0952. The summed E-state index contributed by atoms with van der Waals surface area (Å²) < 4.78 is 5.83. The Morgan fingerprint density at radius 3 is 2.95 bits per heavy atom. The van der Waals surface area contributed by atoms with Crippen LogP contribution in [0.25, 0.3) is 11.1 Å². The van der Waals surface area contributed by atoms with Crippen LogP contribution in [0, 0.1) is 0 Å². The maximum Gasteiger partial charge on any atom is 0.298 e. The van der Waals surface area contributed by atoms with Gasteiger partial charge in [0.15, 0.2) is 5.58 Å². The molecule has 1 N–H and O–H groups in total. The molecule has 0 bridgehead atoms. The van der Waals surface area contributed by atoms with Crippen molar-refractivity contribution in [3.05, 3.63) is 24.3 Å². The summed E-state index contributed by atoms with van der Waals surface area (Å²) in [5, 5.41) is 2.85. The molecule has 1 aliphatic rings. The van der Waals surface area contributed by atoms with Gasteiger partial charge in [0.1, 0.15) is 5.52 Å². The standard InChI is InChI=1S/C16H22N4O2/c1-2-17-15(21)12-19-8-5-9-20(11-10-19)16-18-13-6-3-4-7-14(13)22-16/h3-4,6-7H,2,5,8-12H2,1H3,(H,17,21). The molecule has 1 aromatic heterocycles. The van der Waals surface area contributed by atoms with E-state index in [2.05, 4.69) is 20.1 Å². The molecule has 6 nitrogen and oxygen atoms in total. The molecule has 1 saturated heterocycles. The highest BCUT2D eigenvalue weighted by molar-refractivity contribution is 5.78. The predicted octanol–water partition coefficient (Wildman–Crippen LogP) is 1.48. The molecule has 22 heavy (non-hydrogen) atoms. The summed E-state index contributed by atoms with van der Waals surface area (Å²) in [7, 11) is 0. The fourth-order valence-corrected chi connectivity index (χ4v) is 2.77. The van der Waals surface area contributed by atoms with E-state index in [1.807, 2.05) is 31.2 Å². The zero-order valence-electron chi connectivity index (χ0n) is 12.9. The Morgan fingerprint density at radius 2 is 2.14 bits per heavy atom. The normalized spacial score (nSPS) is 16.7. The van der Waals surface area contributed by atoms with Gasteiger partial charge in [0.05, 0.1) is 6.54 Å². The fourth-order valence-electron chi connectivity index (χ4n) is 2.77. The van der Waals surface area contributed by atoms with Crippen LogP contribution in [0.3, 0.4) is 0 Å². The molecule has 2 heterocycles. The van der Waals surface area contributed by atoms with Crippen LogP contribution in [0.2, 0.25) is 0 Å². The fraction of sp³-hybridized carbons (Fsp3) is 0.500. The number of aromatic nitrogens is 1. The quantitative estimate of drug-likeness (QED) is 0.927. The molecule has 0 radical (unpaired) electrons. The monoisotopic (exact) mass is 302 g/mol. The number of amides is 1. The first-order valence-corrected chi connectivity index (χ1v) is 7.86. The lowest BCUT2D eigenvalue weighted by Crippen LogP contribution is -2.39. The molecule has 0 saturated carbocycles. The third-order valence-electron chi connectivity index (χ3n) is 3.88. The van der Waals surface area contributed by atoms with Crippen molar-refractivity contribution >= 4 is 23.0 Å². The van der Waals surface area contributed by atoms with Gasteiger partial charge in [-0.15, -0.1) is 0 Å². The second kappa shape index (κ2) is 6.79. The molecule has 0 aliphatic carbocycles. The lowest BCUT2D eigenvalue weighted by molar-refractivity contribution is -0.122. The van der Waals surface area contributed by atoms with E-state index in [9.17, 15) is 4.79 Å². The van der Waals surface area contributed by atoms with Crippen molar-refractivity contribution in [1.82, 2.24) is 15.2 Å². The summed E-state index contributed by atoms with van der Waals surface area (Å²) in [4.78, 5) is 20.6. The zero-order chi connectivity index (χ0) is 15.4. The molecule has 1 amide bonds. The molecule has 2 aromatic rings. The van der Waals surface area contributed by atoms with Gasteiger partial charge in [0.25, 0.3) is 6.01 Å². The molecular formula is C16H22N4O2. The highest BCUT2D eigenvalue weighted by Crippen LogP contribution is 2.22. The van der Waals surface area contributed by atoms with Crippen LogP contribution in [0.4, 0.5) is 6.01 Å². The number of likely N-dealkylation sites (N-methyl/N-ethyl adjacent to an activating group) is 1. The van der Waals surface area contributed by atoms with Crippen LogP contribution in [0.1, 0.15) is 13.3 Å². The number of hydrogen-bond donors (Lipinski definition) is 1. The second-order valence-electron chi connectivity index (χ2n) is 5.53. The van der Waals surface area contributed by atoms with Gasteiger partial charge in [0.2, 0.25) is 5.91 Å². The van der Waals surface area contributed by atoms with Gasteiger partial charge >= 0.3 is 0 Å². The highest BCUT2D eigenvalue weighted by atomic mass is 16.4. The van der Waals surface area contributed by atoms with Crippen molar-refractivity contribution in [2.24, 2.45) is 0 Å². The maximum atomic E-state index is 11.7. The Morgan fingerprint density at radius 1 is 1.27 bits per heavy atom. The Kier molecular flexibility index (Phi) is 4.58. The van der Waals surface area contributed by atoms with E-state index in [0.29, 0.717) is 19.1 Å². The summed E-state index contributed by atoms with van der Waals surface area (Å²) in [5.41, 5.74) is 1.71. The second-order valence-corrected chi connectivity index (χ2v) is 5.53. The smallest absolute Gasteiger partial charge is 0.298 e. The molecule has 3 rings (SSSR count). The molecule has 0 spiro atoms. The van der Waals surface area contributed by atoms with E-state index in [1.165, 1.54) is 0 Å².